The van der Waals surface area contributed by atoms with Crippen molar-refractivity contribution in [2.24, 2.45) is 20.5 Å². The second-order valence-corrected chi connectivity index (χ2v) is 22.8. The molecule has 46 heteroatoms. The molecule has 0 aliphatic rings. The van der Waals surface area contributed by atoms with Crippen LogP contribution in [-0.2, 0) is 39.2 Å². The van der Waals surface area contributed by atoms with Gasteiger partial charge in [-0.2, -0.15) is 42.9 Å². The predicted molar refractivity (Wildman–Crippen MR) is 299 cm³/mol. The molecule has 6 aromatic carbocycles. The number of benzene rings is 6. The summed E-state index contributed by atoms with van der Waals surface area (Å²) in [5.74, 6) is -8.24. The third-order valence-electron chi connectivity index (χ3n) is 11.8. The van der Waals surface area contributed by atoms with Crippen LogP contribution in [0.5, 0.6) is 11.5 Å². The van der Waals surface area contributed by atoms with Crippen molar-refractivity contribution in [3.05, 3.63) is 117 Å². The van der Waals surface area contributed by atoms with Crippen molar-refractivity contribution >= 4 is 146 Å². The second-order valence-electron chi connectivity index (χ2n) is 17.8. The van der Waals surface area contributed by atoms with Crippen LogP contribution in [-0.4, -0.2) is 103 Å². The molecule has 0 fully saturated rings. The van der Waals surface area contributed by atoms with Crippen molar-refractivity contribution < 1.29 is 212 Å². The summed E-state index contributed by atoms with van der Waals surface area (Å²) in [5, 5.41) is 78.7. The standard InChI is InChI=1S/C47H42N16O22S4.4Na/c64-32(58-62-44-50-42(52-46(72)54-44)48-28-18-26(87(75,76)77)14-22-16-30(86-85-84-74)36(38(66)34(22)28)60-56-24-10-6-20(7-11-24)40(68)69)4-2-1-3-5-33(65)59-63-45-51-43(53-47(73)55-45)49-29-19-27(88(78,79)80)15-23-17-31(89(81,82)83)37(39(67)35(23)29)61-57-25-12-8-21(9-13-25)41(70)71;;;;/h6-19,66-67,74,78-80H,1-5H2,(H,58,64)(H,59,65)(H,68,69)(H,70,71)(H,75,76,77)(H,81,82,83)(H3,48,50,52,54,62,72)(H3,49,51,53,55,63,73);;;;/q;4*+1/p-4. The first-order chi connectivity index (χ1) is 42.0. The smallest absolute Gasteiger partial charge is 0.744 e. The maximum absolute atomic E-state index is 12.8. The summed E-state index contributed by atoms with van der Waals surface area (Å²) < 4.78 is 107. The van der Waals surface area contributed by atoms with Gasteiger partial charge in [0.25, 0.3) is 10.1 Å². The SMILES string of the molecule is O=C(CCCCCC(=O)NNc1nc(Nc2cc(S(O)(O)O)cc3cc(S(=O)(=O)[O-])c(N=Nc4ccc(C(=O)[O-])cc4)c(O)c23)nc(=O)[nH]1)NNc1nc(Nc2cc(S(=O)(=O)O)cc3cc(SOO[O-])c(N=Nc4ccc(C(=O)[O-])cc4)c(O)c23)nc(=O)[nH]1.[Na+].[Na+].[Na+].[Na+]. The molecule has 8 rings (SSSR count). The third-order valence-corrected chi connectivity index (χ3v) is 14.9. The van der Waals surface area contributed by atoms with Gasteiger partial charge in [0.1, 0.15) is 32.4 Å². The number of anilines is 6. The van der Waals surface area contributed by atoms with E-state index < -0.39 is 144 Å². The van der Waals surface area contributed by atoms with Gasteiger partial charge in [0.2, 0.25) is 35.6 Å². The zero-order valence-corrected chi connectivity index (χ0v) is 59.3. The number of carbonyl (C=O) groups excluding carboxylic acids is 4. The number of hydrogen-bond acceptors (Lipinski definition) is 34. The summed E-state index contributed by atoms with van der Waals surface area (Å²) in [6.45, 7) is 0. The van der Waals surface area contributed by atoms with Crippen LogP contribution < -0.4 is 177 Å². The zero-order chi connectivity index (χ0) is 64.5. The molecule has 466 valence electrons. The number of carboxylic acid groups (broad SMARTS) is 2. The first-order valence-corrected chi connectivity index (χ1v) is 29.5. The van der Waals surface area contributed by atoms with Crippen LogP contribution >= 0.6 is 22.9 Å². The Morgan fingerprint density at radius 2 is 1.01 bits per heavy atom. The van der Waals surface area contributed by atoms with Crippen molar-refractivity contribution in [2.45, 2.75) is 51.7 Å². The van der Waals surface area contributed by atoms with Crippen LogP contribution in [0.4, 0.5) is 57.9 Å². The summed E-state index contributed by atoms with van der Waals surface area (Å²) in [6, 6.07) is 14.4. The summed E-state index contributed by atoms with van der Waals surface area (Å²) in [4.78, 5) is 90.2. The molecular formula is C47H38N16Na4O22S4. The molecule has 93 heavy (non-hydrogen) atoms. The Labute approximate surface area is 614 Å². The van der Waals surface area contributed by atoms with Crippen molar-refractivity contribution in [1.82, 2.24) is 40.8 Å². The normalized spacial score (nSPS) is 11.6. The first-order valence-electron chi connectivity index (χ1n) is 24.4. The van der Waals surface area contributed by atoms with Gasteiger partial charge < -0.3 is 64.1 Å². The number of aromatic amines is 2. The molecule has 14 N–H and O–H groups in total. The van der Waals surface area contributed by atoms with Gasteiger partial charge in [-0.1, -0.05) is 30.7 Å². The van der Waals surface area contributed by atoms with E-state index in [0.717, 1.165) is 66.7 Å². The molecule has 0 aliphatic heterocycles. The molecule has 0 bridgehead atoms. The van der Waals surface area contributed by atoms with Crippen LogP contribution in [0.3, 0.4) is 0 Å². The predicted octanol–water partition coefficient (Wildman–Crippen LogP) is -9.08. The minimum absolute atomic E-state index is 0. The van der Waals surface area contributed by atoms with Crippen molar-refractivity contribution in [1.29, 1.82) is 0 Å². The van der Waals surface area contributed by atoms with Gasteiger partial charge in [-0.15, -0.1) is 10.2 Å². The monoisotopic (exact) mass is 1400 g/mol. The van der Waals surface area contributed by atoms with E-state index in [-0.39, 0.29) is 206 Å². The van der Waals surface area contributed by atoms with Crippen molar-refractivity contribution in [3.63, 3.8) is 0 Å². The number of azo groups is 2. The number of carbonyl (C=O) groups is 4. The number of aromatic nitrogens is 6. The van der Waals surface area contributed by atoms with E-state index in [4.69, 9.17) is 0 Å². The minimum Gasteiger partial charge on any atom is -0.744 e. The van der Waals surface area contributed by atoms with Gasteiger partial charge in [-0.25, -0.2) is 18.0 Å². The number of H-pyrrole nitrogens is 2. The Kier molecular flexibility index (Phi) is 29.2. The van der Waals surface area contributed by atoms with Crippen molar-refractivity contribution in [3.8, 4) is 11.5 Å². The Hall–Kier alpha value is -6.38. The molecule has 8 aromatic rings. The first kappa shape index (κ1) is 79.1. The molecule has 0 saturated carbocycles. The van der Waals surface area contributed by atoms with Crippen LogP contribution in [0, 0.1) is 0 Å². The molecule has 0 aliphatic carbocycles. The van der Waals surface area contributed by atoms with Gasteiger partial charge in [0, 0.05) is 23.6 Å². The molecule has 2 aromatic heterocycles. The molecule has 2 amide bonds. The number of hydrogen-bond donors (Lipinski definition) is 14. The summed E-state index contributed by atoms with van der Waals surface area (Å²) in [5.41, 5.74) is 4.46. The number of unbranched alkanes of at least 4 members (excludes halogenated alkanes) is 2. The van der Waals surface area contributed by atoms with Crippen LogP contribution in [0.15, 0.2) is 135 Å². The number of amides is 2. The molecule has 38 nitrogen and oxygen atoms in total. The Bertz CT molecular complexity index is 4560. The fourth-order valence-electron chi connectivity index (χ4n) is 7.84. The number of aromatic hydroxyl groups is 2. The number of phenols is 2. The van der Waals surface area contributed by atoms with E-state index in [9.17, 15) is 94.0 Å². The third kappa shape index (κ3) is 21.3. The molecule has 0 unspecified atom stereocenters. The van der Waals surface area contributed by atoms with E-state index in [1.54, 1.807) is 0 Å². The van der Waals surface area contributed by atoms with Gasteiger partial charge >= 0.3 is 130 Å². The number of nitrogens with one attached hydrogen (secondary N) is 8. The van der Waals surface area contributed by atoms with E-state index in [1.165, 1.54) is 12.1 Å². The van der Waals surface area contributed by atoms with E-state index in [1.807, 2.05) is 0 Å². The Balaban J connectivity index is 0.00000461. The van der Waals surface area contributed by atoms with Gasteiger partial charge in [-0.3, -0.25) is 50.9 Å². The second kappa shape index (κ2) is 34.3. The zero-order valence-electron chi connectivity index (χ0n) is 48.0. The number of fused-ring (bicyclic) bond motifs is 2. The van der Waals surface area contributed by atoms with Crippen LogP contribution in [0.1, 0.15) is 52.8 Å². The summed E-state index contributed by atoms with van der Waals surface area (Å²) in [6.07, 6.45) is 0.342. The molecule has 0 saturated heterocycles. The average molecular weight is 1400 g/mol. The number of aromatic carboxylic acids is 2. The number of rotatable bonds is 26. The fraction of sp³-hybridized carbons (Fsp3) is 0.106. The van der Waals surface area contributed by atoms with E-state index >= 15 is 0 Å². The maximum atomic E-state index is 12.8. The average Bonchev–Trinajstić information content (AvgIpc) is 0.760. The van der Waals surface area contributed by atoms with E-state index in [0.29, 0.717) is 6.07 Å². The quantitative estimate of drug-likeness (QED) is 0.00455. The minimum atomic E-state index is -5.50. The summed E-state index contributed by atoms with van der Waals surface area (Å²) >= 11 is 0.210. The summed E-state index contributed by atoms with van der Waals surface area (Å²) in [7, 11) is -15.1. The van der Waals surface area contributed by atoms with Gasteiger partial charge in [0.05, 0.1) is 66.3 Å². The Morgan fingerprint density at radius 1 is 0.581 bits per heavy atom. The molecule has 0 radical (unpaired) electrons. The Morgan fingerprint density at radius 3 is 1.44 bits per heavy atom. The van der Waals surface area contributed by atoms with Gasteiger partial charge in [0.15, 0.2) is 11.5 Å². The number of hydrazine groups is 2. The van der Waals surface area contributed by atoms with Gasteiger partial charge in [-0.05, 0) is 95.4 Å². The molecule has 0 atom stereocenters. The molecular weight excluding hydrogens is 1360 g/mol. The number of carboxylic acids is 2. The van der Waals surface area contributed by atoms with E-state index in [2.05, 4.69) is 92.1 Å². The maximum Gasteiger partial charge on any atom is 1.00 e. The van der Waals surface area contributed by atoms with Crippen molar-refractivity contribution in [2.75, 3.05) is 21.5 Å². The fourth-order valence-corrected chi connectivity index (χ4v) is 10.1. The molecule has 2 heterocycles. The number of nitrogens with zero attached hydrogens (tertiary/aromatic N) is 8. The number of phenolic OH excluding ortho intramolecular Hbond substituents is 2. The largest absolute Gasteiger partial charge is 1.00 e. The van der Waals surface area contributed by atoms with Crippen LogP contribution in [0.2, 0.25) is 0 Å². The molecule has 0 spiro atoms. The topological polar surface area (TPSA) is 608 Å². The van der Waals surface area contributed by atoms with Crippen LogP contribution in [0.25, 0.3) is 21.5 Å².